The number of morpholine rings is 1. The zero-order chi connectivity index (χ0) is 18.8. The third-order valence-corrected chi connectivity index (χ3v) is 5.60. The summed E-state index contributed by atoms with van der Waals surface area (Å²) >= 11 is 0. The lowest BCUT2D eigenvalue weighted by atomic mass is 10.1. The van der Waals surface area contributed by atoms with E-state index in [-0.39, 0.29) is 24.2 Å². The number of nitrogens with zero attached hydrogens (tertiary/aromatic N) is 2. The van der Waals surface area contributed by atoms with Crippen LogP contribution in [0.25, 0.3) is 0 Å². The SMILES string of the molecule is CC1CN(CC2CCCN2C(=O)c2ccc3c(c2)OCCCO3)CC(C)O1. The summed E-state index contributed by atoms with van der Waals surface area (Å²) in [6.45, 7) is 9.16. The second-order valence-electron chi connectivity index (χ2n) is 7.98. The van der Waals surface area contributed by atoms with E-state index < -0.39 is 0 Å². The maximum atomic E-state index is 13.2. The molecule has 6 heteroatoms. The monoisotopic (exact) mass is 374 g/mol. The van der Waals surface area contributed by atoms with E-state index in [1.54, 1.807) is 0 Å². The third kappa shape index (κ3) is 4.22. The van der Waals surface area contributed by atoms with E-state index in [0.29, 0.717) is 24.5 Å². The highest BCUT2D eigenvalue weighted by atomic mass is 16.5. The lowest BCUT2D eigenvalue weighted by Crippen LogP contribution is -2.50. The Morgan fingerprint density at radius 2 is 1.81 bits per heavy atom. The molecule has 3 aliphatic rings. The van der Waals surface area contributed by atoms with Gasteiger partial charge in [0.2, 0.25) is 0 Å². The van der Waals surface area contributed by atoms with Gasteiger partial charge in [-0.15, -0.1) is 0 Å². The molecular formula is C21H30N2O4. The van der Waals surface area contributed by atoms with Gasteiger partial charge >= 0.3 is 0 Å². The van der Waals surface area contributed by atoms with Gasteiger partial charge < -0.3 is 19.1 Å². The molecule has 1 aromatic carbocycles. The average Bonchev–Trinajstić information content (AvgIpc) is 2.95. The van der Waals surface area contributed by atoms with Gasteiger partial charge in [-0.2, -0.15) is 0 Å². The number of hydrogen-bond acceptors (Lipinski definition) is 5. The summed E-state index contributed by atoms with van der Waals surface area (Å²) < 4.78 is 17.3. The molecule has 0 bridgehead atoms. The Kier molecular flexibility index (Phi) is 5.55. The number of carbonyl (C=O) groups excluding carboxylic acids is 1. The quantitative estimate of drug-likeness (QED) is 0.814. The van der Waals surface area contributed by atoms with Crippen LogP contribution in [0.3, 0.4) is 0 Å². The maximum Gasteiger partial charge on any atom is 0.254 e. The van der Waals surface area contributed by atoms with E-state index in [4.69, 9.17) is 14.2 Å². The molecule has 4 rings (SSSR count). The lowest BCUT2D eigenvalue weighted by Gasteiger charge is -2.38. The third-order valence-electron chi connectivity index (χ3n) is 5.60. The smallest absolute Gasteiger partial charge is 0.254 e. The van der Waals surface area contributed by atoms with E-state index in [9.17, 15) is 4.79 Å². The summed E-state index contributed by atoms with van der Waals surface area (Å²) in [4.78, 5) is 17.7. The molecule has 3 unspecified atom stereocenters. The minimum atomic E-state index is 0.0995. The van der Waals surface area contributed by atoms with E-state index in [1.165, 1.54) is 0 Å². The first-order chi connectivity index (χ1) is 13.1. The summed E-state index contributed by atoms with van der Waals surface area (Å²) in [5.74, 6) is 1.52. The number of benzene rings is 1. The molecule has 0 aromatic heterocycles. The topological polar surface area (TPSA) is 51.2 Å². The van der Waals surface area contributed by atoms with Gasteiger partial charge in [0.15, 0.2) is 11.5 Å². The first-order valence-electron chi connectivity index (χ1n) is 10.2. The highest BCUT2D eigenvalue weighted by molar-refractivity contribution is 5.95. The Labute approximate surface area is 161 Å². The molecule has 2 saturated heterocycles. The van der Waals surface area contributed by atoms with E-state index >= 15 is 0 Å². The molecule has 148 valence electrons. The van der Waals surface area contributed by atoms with Crippen molar-refractivity contribution < 1.29 is 19.0 Å². The molecule has 0 saturated carbocycles. The molecule has 3 heterocycles. The number of amides is 1. The van der Waals surface area contributed by atoms with Crippen molar-refractivity contribution in [3.63, 3.8) is 0 Å². The molecule has 2 fully saturated rings. The number of ether oxygens (including phenoxy) is 3. The summed E-state index contributed by atoms with van der Waals surface area (Å²) in [5, 5.41) is 0. The number of fused-ring (bicyclic) bond motifs is 1. The van der Waals surface area contributed by atoms with Crippen LogP contribution in [0.1, 0.15) is 43.5 Å². The maximum absolute atomic E-state index is 13.2. The number of hydrogen-bond donors (Lipinski definition) is 0. The van der Waals surface area contributed by atoms with E-state index in [0.717, 1.165) is 51.2 Å². The first kappa shape index (κ1) is 18.6. The fourth-order valence-electron chi connectivity index (χ4n) is 4.49. The van der Waals surface area contributed by atoms with Crippen molar-refractivity contribution in [2.24, 2.45) is 0 Å². The second-order valence-corrected chi connectivity index (χ2v) is 7.98. The highest BCUT2D eigenvalue weighted by Gasteiger charge is 2.33. The van der Waals surface area contributed by atoms with Crippen LogP contribution in [0.5, 0.6) is 11.5 Å². The minimum Gasteiger partial charge on any atom is -0.490 e. The van der Waals surface area contributed by atoms with Crippen LogP contribution in [-0.4, -0.2) is 73.3 Å². The fourth-order valence-corrected chi connectivity index (χ4v) is 4.49. The highest BCUT2D eigenvalue weighted by Crippen LogP contribution is 2.32. The Morgan fingerprint density at radius 3 is 2.59 bits per heavy atom. The molecule has 27 heavy (non-hydrogen) atoms. The first-order valence-corrected chi connectivity index (χ1v) is 10.2. The predicted octanol–water partition coefficient (Wildman–Crippen LogP) is 2.56. The molecule has 1 aromatic rings. The lowest BCUT2D eigenvalue weighted by molar-refractivity contribution is -0.0715. The van der Waals surface area contributed by atoms with Crippen molar-refractivity contribution >= 4 is 5.91 Å². The molecule has 0 spiro atoms. The zero-order valence-electron chi connectivity index (χ0n) is 16.4. The fraction of sp³-hybridized carbons (Fsp3) is 0.667. The van der Waals surface area contributed by atoms with Crippen LogP contribution in [0.4, 0.5) is 0 Å². The largest absolute Gasteiger partial charge is 0.490 e. The van der Waals surface area contributed by atoms with Gasteiger partial charge in [-0.1, -0.05) is 0 Å². The van der Waals surface area contributed by atoms with Crippen LogP contribution in [-0.2, 0) is 4.74 Å². The van der Waals surface area contributed by atoms with Gasteiger partial charge in [0.05, 0.1) is 25.4 Å². The normalized spacial score (nSPS) is 28.8. The number of carbonyl (C=O) groups is 1. The van der Waals surface area contributed by atoms with Gasteiger partial charge in [-0.25, -0.2) is 0 Å². The summed E-state index contributed by atoms with van der Waals surface area (Å²) in [6.07, 6.45) is 3.50. The molecule has 0 N–H and O–H groups in total. The van der Waals surface area contributed by atoms with Crippen molar-refractivity contribution in [2.75, 3.05) is 39.4 Å². The second kappa shape index (κ2) is 8.07. The van der Waals surface area contributed by atoms with Gasteiger partial charge in [-0.3, -0.25) is 9.69 Å². The molecule has 1 amide bonds. The Hall–Kier alpha value is -1.79. The van der Waals surface area contributed by atoms with Gasteiger partial charge in [0.1, 0.15) is 0 Å². The van der Waals surface area contributed by atoms with Crippen molar-refractivity contribution in [1.29, 1.82) is 0 Å². The van der Waals surface area contributed by atoms with Crippen LogP contribution in [0, 0.1) is 0 Å². The van der Waals surface area contributed by atoms with E-state index in [1.807, 2.05) is 23.1 Å². The zero-order valence-corrected chi connectivity index (χ0v) is 16.4. The molecule has 6 nitrogen and oxygen atoms in total. The van der Waals surface area contributed by atoms with Crippen LogP contribution in [0.2, 0.25) is 0 Å². The van der Waals surface area contributed by atoms with Crippen molar-refractivity contribution in [3.05, 3.63) is 23.8 Å². The Morgan fingerprint density at radius 1 is 1.07 bits per heavy atom. The van der Waals surface area contributed by atoms with Crippen molar-refractivity contribution in [1.82, 2.24) is 9.80 Å². The molecule has 0 aliphatic carbocycles. The van der Waals surface area contributed by atoms with Crippen molar-refractivity contribution in [3.8, 4) is 11.5 Å². The predicted molar refractivity (Wildman–Crippen MR) is 103 cm³/mol. The summed E-state index contributed by atoms with van der Waals surface area (Å²) in [5.41, 5.74) is 0.690. The molecule has 0 radical (unpaired) electrons. The Bertz CT molecular complexity index is 670. The van der Waals surface area contributed by atoms with Crippen LogP contribution < -0.4 is 9.47 Å². The minimum absolute atomic E-state index is 0.0995. The standard InChI is InChI=1S/C21H30N2O4/c1-15-12-22(13-16(2)27-15)14-18-5-3-8-23(18)21(24)17-6-7-19-20(11-17)26-10-4-9-25-19/h6-7,11,15-16,18H,3-5,8-10,12-14H2,1-2H3. The number of rotatable bonds is 3. The summed E-state index contributed by atoms with van der Waals surface area (Å²) in [7, 11) is 0. The van der Waals surface area contributed by atoms with E-state index in [2.05, 4.69) is 18.7 Å². The molecular weight excluding hydrogens is 344 g/mol. The molecule has 3 aliphatic heterocycles. The van der Waals surface area contributed by atoms with Gasteiger partial charge in [0.25, 0.3) is 5.91 Å². The summed E-state index contributed by atoms with van der Waals surface area (Å²) in [6, 6.07) is 5.84. The average molecular weight is 374 g/mol. The van der Waals surface area contributed by atoms with Crippen molar-refractivity contribution in [2.45, 2.75) is 51.4 Å². The van der Waals surface area contributed by atoms with Crippen LogP contribution in [0.15, 0.2) is 18.2 Å². The Balaban J connectivity index is 1.45. The number of likely N-dealkylation sites (tertiary alicyclic amines) is 1. The van der Waals surface area contributed by atoms with Crippen LogP contribution >= 0.6 is 0 Å². The van der Waals surface area contributed by atoms with Gasteiger partial charge in [-0.05, 0) is 44.9 Å². The molecule has 3 atom stereocenters. The van der Waals surface area contributed by atoms with Gasteiger partial charge in [0, 0.05) is 44.2 Å².